The molecule has 2 aromatic rings. The summed E-state index contributed by atoms with van der Waals surface area (Å²) in [6.07, 6.45) is 1.76. The standard InChI is InChI=1S/C16H20N2O4/c1-11(2)21-15-7-4-12(8-17-15)9-18-16(19)14-6-5-13(22-14)10-20-3/h4-8,11H,9-10H2,1-3H3,(H,18,19). The first-order valence-electron chi connectivity index (χ1n) is 7.06. The van der Waals surface area contributed by atoms with Crippen LogP contribution in [-0.2, 0) is 17.9 Å². The maximum Gasteiger partial charge on any atom is 0.287 e. The van der Waals surface area contributed by atoms with Gasteiger partial charge in [-0.25, -0.2) is 4.98 Å². The third kappa shape index (κ3) is 4.60. The molecule has 22 heavy (non-hydrogen) atoms. The molecule has 0 fully saturated rings. The number of pyridine rings is 1. The first kappa shape index (κ1) is 16.0. The Morgan fingerprint density at radius 1 is 1.32 bits per heavy atom. The first-order chi connectivity index (χ1) is 10.6. The molecule has 0 saturated heterocycles. The highest BCUT2D eigenvalue weighted by Gasteiger charge is 2.11. The molecule has 0 aromatic carbocycles. The van der Waals surface area contributed by atoms with Crippen LogP contribution >= 0.6 is 0 Å². The smallest absolute Gasteiger partial charge is 0.287 e. The second-order valence-corrected chi connectivity index (χ2v) is 5.05. The summed E-state index contributed by atoms with van der Waals surface area (Å²) in [7, 11) is 1.57. The molecular weight excluding hydrogens is 284 g/mol. The number of ether oxygens (including phenoxy) is 2. The lowest BCUT2D eigenvalue weighted by molar-refractivity contribution is 0.0914. The lowest BCUT2D eigenvalue weighted by atomic mass is 10.3. The molecule has 0 radical (unpaired) electrons. The molecular formula is C16H20N2O4. The lowest BCUT2D eigenvalue weighted by Gasteiger charge is -2.09. The largest absolute Gasteiger partial charge is 0.475 e. The van der Waals surface area contributed by atoms with Crippen molar-refractivity contribution in [1.82, 2.24) is 10.3 Å². The highest BCUT2D eigenvalue weighted by molar-refractivity contribution is 5.91. The van der Waals surface area contributed by atoms with Crippen molar-refractivity contribution in [2.45, 2.75) is 33.1 Å². The maximum absolute atomic E-state index is 12.0. The van der Waals surface area contributed by atoms with E-state index in [4.69, 9.17) is 13.9 Å². The topological polar surface area (TPSA) is 73.6 Å². The Labute approximate surface area is 129 Å². The molecule has 2 heterocycles. The summed E-state index contributed by atoms with van der Waals surface area (Å²) in [5, 5.41) is 2.78. The molecule has 0 unspecified atom stereocenters. The van der Waals surface area contributed by atoms with Crippen LogP contribution < -0.4 is 10.1 Å². The number of hydrogen-bond acceptors (Lipinski definition) is 5. The van der Waals surface area contributed by atoms with Gasteiger partial charge in [-0.2, -0.15) is 0 Å². The van der Waals surface area contributed by atoms with Crippen molar-refractivity contribution in [2.24, 2.45) is 0 Å². The number of aromatic nitrogens is 1. The number of nitrogens with one attached hydrogen (secondary N) is 1. The minimum absolute atomic E-state index is 0.0818. The highest BCUT2D eigenvalue weighted by atomic mass is 16.5. The van der Waals surface area contributed by atoms with E-state index in [-0.39, 0.29) is 17.8 Å². The van der Waals surface area contributed by atoms with E-state index < -0.39 is 0 Å². The van der Waals surface area contributed by atoms with Gasteiger partial charge >= 0.3 is 0 Å². The molecule has 0 bridgehead atoms. The van der Waals surface area contributed by atoms with Crippen molar-refractivity contribution in [3.63, 3.8) is 0 Å². The molecule has 0 saturated carbocycles. The molecule has 0 aliphatic rings. The molecule has 1 N–H and O–H groups in total. The summed E-state index contributed by atoms with van der Waals surface area (Å²) in [5.41, 5.74) is 0.883. The van der Waals surface area contributed by atoms with E-state index in [9.17, 15) is 4.79 Å². The Hall–Kier alpha value is -2.34. The van der Waals surface area contributed by atoms with E-state index in [1.807, 2.05) is 19.9 Å². The molecule has 1 amide bonds. The Morgan fingerprint density at radius 2 is 2.14 bits per heavy atom. The van der Waals surface area contributed by atoms with Gasteiger partial charge in [0.15, 0.2) is 5.76 Å². The van der Waals surface area contributed by atoms with Crippen molar-refractivity contribution in [3.05, 3.63) is 47.5 Å². The summed E-state index contributed by atoms with van der Waals surface area (Å²) in [6.45, 7) is 4.59. The number of methoxy groups -OCH3 is 1. The van der Waals surface area contributed by atoms with Crippen LogP contribution in [0.1, 0.15) is 35.7 Å². The summed E-state index contributed by atoms with van der Waals surface area (Å²) >= 11 is 0. The Morgan fingerprint density at radius 3 is 2.77 bits per heavy atom. The third-order valence-corrected chi connectivity index (χ3v) is 2.78. The van der Waals surface area contributed by atoms with Crippen molar-refractivity contribution >= 4 is 5.91 Å². The van der Waals surface area contributed by atoms with E-state index in [1.165, 1.54) is 0 Å². The number of carbonyl (C=O) groups is 1. The summed E-state index contributed by atoms with van der Waals surface area (Å²) in [6, 6.07) is 6.99. The summed E-state index contributed by atoms with van der Waals surface area (Å²) in [4.78, 5) is 16.1. The quantitative estimate of drug-likeness (QED) is 0.851. The van der Waals surface area contributed by atoms with Crippen LogP contribution in [0.25, 0.3) is 0 Å². The van der Waals surface area contributed by atoms with Crippen LogP contribution in [-0.4, -0.2) is 24.1 Å². The lowest BCUT2D eigenvalue weighted by Crippen LogP contribution is -2.22. The normalized spacial score (nSPS) is 10.7. The van der Waals surface area contributed by atoms with Gasteiger partial charge in [-0.3, -0.25) is 4.79 Å². The van der Waals surface area contributed by atoms with Crippen LogP contribution in [0.2, 0.25) is 0 Å². The van der Waals surface area contributed by atoms with Gasteiger partial charge in [-0.1, -0.05) is 6.07 Å². The average molecular weight is 304 g/mol. The van der Waals surface area contributed by atoms with Gasteiger partial charge in [0.25, 0.3) is 5.91 Å². The fourth-order valence-electron chi connectivity index (χ4n) is 1.82. The number of amides is 1. The van der Waals surface area contributed by atoms with Gasteiger partial charge in [-0.15, -0.1) is 0 Å². The van der Waals surface area contributed by atoms with Gasteiger partial charge in [0.2, 0.25) is 5.88 Å². The van der Waals surface area contributed by atoms with Gasteiger partial charge in [0, 0.05) is 25.9 Å². The van der Waals surface area contributed by atoms with Gasteiger partial charge < -0.3 is 19.2 Å². The monoisotopic (exact) mass is 304 g/mol. The number of nitrogens with zero attached hydrogens (tertiary/aromatic N) is 1. The highest BCUT2D eigenvalue weighted by Crippen LogP contribution is 2.11. The van der Waals surface area contributed by atoms with E-state index in [0.29, 0.717) is 24.8 Å². The fourth-order valence-corrected chi connectivity index (χ4v) is 1.82. The van der Waals surface area contributed by atoms with Crippen molar-refractivity contribution in [1.29, 1.82) is 0 Å². The van der Waals surface area contributed by atoms with Gasteiger partial charge in [0.1, 0.15) is 12.4 Å². The molecule has 6 nitrogen and oxygen atoms in total. The predicted octanol–water partition coefficient (Wildman–Crippen LogP) is 2.54. The van der Waals surface area contributed by atoms with Crippen LogP contribution in [0.3, 0.4) is 0 Å². The molecule has 6 heteroatoms. The van der Waals surface area contributed by atoms with Crippen LogP contribution in [0.15, 0.2) is 34.9 Å². The zero-order chi connectivity index (χ0) is 15.9. The zero-order valence-corrected chi connectivity index (χ0v) is 13.0. The second kappa shape index (κ2) is 7.61. The molecule has 0 aliphatic heterocycles. The average Bonchev–Trinajstić information content (AvgIpc) is 2.95. The Kier molecular flexibility index (Phi) is 5.55. The summed E-state index contributed by atoms with van der Waals surface area (Å²) in [5.74, 6) is 1.18. The van der Waals surface area contributed by atoms with Crippen molar-refractivity contribution < 1.29 is 18.7 Å². The number of furan rings is 1. The number of carbonyl (C=O) groups excluding carboxylic acids is 1. The van der Waals surface area contributed by atoms with E-state index in [0.717, 1.165) is 5.56 Å². The molecule has 0 aliphatic carbocycles. The van der Waals surface area contributed by atoms with Crippen molar-refractivity contribution in [3.8, 4) is 5.88 Å². The molecule has 0 atom stereocenters. The molecule has 0 spiro atoms. The van der Waals surface area contributed by atoms with Gasteiger partial charge in [-0.05, 0) is 31.5 Å². The molecule has 2 aromatic heterocycles. The van der Waals surface area contributed by atoms with Crippen molar-refractivity contribution in [2.75, 3.05) is 7.11 Å². The molecule has 2 rings (SSSR count). The van der Waals surface area contributed by atoms with E-state index >= 15 is 0 Å². The van der Waals surface area contributed by atoms with E-state index in [2.05, 4.69) is 10.3 Å². The Bertz CT molecular complexity index is 605. The number of rotatable bonds is 7. The third-order valence-electron chi connectivity index (χ3n) is 2.78. The van der Waals surface area contributed by atoms with E-state index in [1.54, 1.807) is 31.5 Å². The molecule has 118 valence electrons. The predicted molar refractivity (Wildman–Crippen MR) is 80.6 cm³/mol. The maximum atomic E-state index is 12.0. The number of hydrogen-bond donors (Lipinski definition) is 1. The minimum atomic E-state index is -0.273. The fraction of sp³-hybridized carbons (Fsp3) is 0.375. The summed E-state index contributed by atoms with van der Waals surface area (Å²) < 4.78 is 15.8. The Balaban J connectivity index is 1.87. The zero-order valence-electron chi connectivity index (χ0n) is 13.0. The first-order valence-corrected chi connectivity index (χ1v) is 7.06. The van der Waals surface area contributed by atoms with Gasteiger partial charge in [0.05, 0.1) is 6.10 Å². The van der Waals surface area contributed by atoms with Crippen LogP contribution in [0.4, 0.5) is 0 Å². The van der Waals surface area contributed by atoms with Crippen LogP contribution in [0.5, 0.6) is 5.88 Å². The minimum Gasteiger partial charge on any atom is -0.475 e. The second-order valence-electron chi connectivity index (χ2n) is 5.05. The SMILES string of the molecule is COCc1ccc(C(=O)NCc2ccc(OC(C)C)nc2)o1. The van der Waals surface area contributed by atoms with Crippen LogP contribution in [0, 0.1) is 0 Å².